The topological polar surface area (TPSA) is 43.4 Å². The number of methoxy groups -OCH3 is 1. The molecule has 5 aromatic rings. The van der Waals surface area contributed by atoms with Crippen molar-refractivity contribution in [3.05, 3.63) is 124 Å². The minimum absolute atomic E-state index is 0.490. The van der Waals surface area contributed by atoms with E-state index >= 15 is 8.78 Å². The minimum Gasteiger partial charge on any atom is -0.495 e. The second-order valence-electron chi connectivity index (χ2n) is 14.3. The van der Waals surface area contributed by atoms with Gasteiger partial charge in [0.05, 0.1) is 39.2 Å². The summed E-state index contributed by atoms with van der Waals surface area (Å²) in [6.07, 6.45) is 4.25. The molecule has 0 amide bonds. The zero-order chi connectivity index (χ0) is 34.9. The van der Waals surface area contributed by atoms with Crippen LogP contribution in [0.4, 0.5) is 20.2 Å². The predicted octanol–water partition coefficient (Wildman–Crippen LogP) is 8.46. The van der Waals surface area contributed by atoms with Crippen LogP contribution in [0.1, 0.15) is 41.7 Å². The van der Waals surface area contributed by atoms with E-state index in [1.165, 1.54) is 6.07 Å². The quantitative estimate of drug-likeness (QED) is 0.185. The van der Waals surface area contributed by atoms with Crippen LogP contribution in [0.2, 0.25) is 0 Å². The van der Waals surface area contributed by atoms with Crippen LogP contribution in [0.25, 0.3) is 28.0 Å². The van der Waals surface area contributed by atoms with E-state index in [2.05, 4.69) is 64.4 Å². The third-order valence-electron chi connectivity index (χ3n) is 11.1. The van der Waals surface area contributed by atoms with Crippen molar-refractivity contribution in [2.75, 3.05) is 69.5 Å². The van der Waals surface area contributed by atoms with Crippen LogP contribution < -0.4 is 19.3 Å². The molecular formula is C43H40F2N2O4. The SMILES string of the molecule is COc1cc2c3c(c4c(c2cc1N1CCOCC1)-c1cc(F)cc(F)c1C4(C)C)C=CC(c1ccccc1)(c1ccc(N2CCOCC2)cc1)O3. The van der Waals surface area contributed by atoms with E-state index in [-0.39, 0.29) is 0 Å². The molecule has 51 heavy (non-hydrogen) atoms. The lowest BCUT2D eigenvalue weighted by molar-refractivity contribution is 0.122. The summed E-state index contributed by atoms with van der Waals surface area (Å²) in [5, 5.41) is 1.68. The fourth-order valence-corrected chi connectivity index (χ4v) is 8.73. The molecule has 2 fully saturated rings. The predicted molar refractivity (Wildman–Crippen MR) is 197 cm³/mol. The van der Waals surface area contributed by atoms with Crippen molar-refractivity contribution in [2.24, 2.45) is 0 Å². The van der Waals surface area contributed by atoms with E-state index in [1.807, 2.05) is 38.1 Å². The molecular weight excluding hydrogens is 646 g/mol. The highest BCUT2D eigenvalue weighted by atomic mass is 19.1. The fraction of sp³-hybridized carbons (Fsp3) is 0.302. The highest BCUT2D eigenvalue weighted by Gasteiger charge is 2.46. The molecule has 0 radical (unpaired) electrons. The molecule has 9 rings (SSSR count). The van der Waals surface area contributed by atoms with Crippen molar-refractivity contribution >= 4 is 28.2 Å². The van der Waals surface area contributed by atoms with Gasteiger partial charge in [0, 0.05) is 71.0 Å². The standard InChI is InChI=1S/C43H40F2N2O4/c1-42(2)39-34(23-29(44)24-35(39)45)38-32-25-36(47-17-21-50-22-18-47)37(48-3)26-33(32)41-31(40(38)42)13-14-43(51-41,27-7-5-4-6-8-27)28-9-11-30(12-10-28)46-15-19-49-20-16-46/h4-14,23-26H,15-22H2,1-3H3. The summed E-state index contributed by atoms with van der Waals surface area (Å²) in [7, 11) is 1.68. The van der Waals surface area contributed by atoms with Crippen LogP contribution in [0.15, 0.2) is 84.9 Å². The van der Waals surface area contributed by atoms with Gasteiger partial charge in [-0.3, -0.25) is 0 Å². The average Bonchev–Trinajstić information content (AvgIpc) is 3.41. The minimum atomic E-state index is -0.970. The van der Waals surface area contributed by atoms with Crippen molar-refractivity contribution < 1.29 is 27.7 Å². The summed E-state index contributed by atoms with van der Waals surface area (Å²) in [5.41, 5.74) is 5.94. The van der Waals surface area contributed by atoms with E-state index in [4.69, 9.17) is 18.9 Å². The number of halogens is 2. The van der Waals surface area contributed by atoms with Gasteiger partial charge in [0.2, 0.25) is 0 Å². The summed E-state index contributed by atoms with van der Waals surface area (Å²) in [4.78, 5) is 4.60. The molecule has 2 saturated heterocycles. The maximum absolute atomic E-state index is 15.9. The largest absolute Gasteiger partial charge is 0.495 e. The van der Waals surface area contributed by atoms with Gasteiger partial charge < -0.3 is 28.7 Å². The van der Waals surface area contributed by atoms with Crippen molar-refractivity contribution in [1.82, 2.24) is 0 Å². The average molecular weight is 687 g/mol. The summed E-state index contributed by atoms with van der Waals surface area (Å²) in [6.45, 7) is 9.78. The van der Waals surface area contributed by atoms with Gasteiger partial charge in [-0.25, -0.2) is 8.78 Å². The Morgan fingerprint density at radius 2 is 1.39 bits per heavy atom. The number of anilines is 2. The first-order valence-electron chi connectivity index (χ1n) is 17.7. The van der Waals surface area contributed by atoms with Gasteiger partial charge in [0.25, 0.3) is 0 Å². The first-order chi connectivity index (χ1) is 24.8. The Kier molecular flexibility index (Phi) is 7.60. The second kappa shape index (κ2) is 12.1. The van der Waals surface area contributed by atoms with Crippen LogP contribution in [-0.2, 0) is 20.5 Å². The molecule has 1 atom stereocenters. The third-order valence-corrected chi connectivity index (χ3v) is 11.1. The Bertz CT molecular complexity index is 2190. The smallest absolute Gasteiger partial charge is 0.178 e. The van der Waals surface area contributed by atoms with Gasteiger partial charge in [-0.1, -0.05) is 62.4 Å². The highest BCUT2D eigenvalue weighted by Crippen LogP contribution is 2.59. The van der Waals surface area contributed by atoms with Crippen LogP contribution in [-0.4, -0.2) is 59.7 Å². The van der Waals surface area contributed by atoms with Gasteiger partial charge in [-0.15, -0.1) is 0 Å². The van der Waals surface area contributed by atoms with E-state index < -0.39 is 22.7 Å². The maximum atomic E-state index is 15.9. The summed E-state index contributed by atoms with van der Waals surface area (Å²) < 4.78 is 55.8. The molecule has 0 spiro atoms. The Hall–Kier alpha value is -4.92. The lowest BCUT2D eigenvalue weighted by atomic mass is 9.76. The van der Waals surface area contributed by atoms with E-state index in [9.17, 15) is 0 Å². The maximum Gasteiger partial charge on any atom is 0.178 e. The molecule has 1 unspecified atom stereocenters. The number of hydrogen-bond acceptors (Lipinski definition) is 6. The van der Waals surface area contributed by atoms with E-state index in [1.54, 1.807) is 7.11 Å². The number of benzene rings is 5. The van der Waals surface area contributed by atoms with Crippen molar-refractivity contribution in [1.29, 1.82) is 0 Å². The molecule has 6 nitrogen and oxygen atoms in total. The molecule has 5 aromatic carbocycles. The molecule has 0 N–H and O–H groups in total. The normalized spacial score (nSPS) is 20.5. The summed E-state index contributed by atoms with van der Waals surface area (Å²) >= 11 is 0. The van der Waals surface area contributed by atoms with Crippen LogP contribution in [0, 0.1) is 11.6 Å². The van der Waals surface area contributed by atoms with E-state index in [0.29, 0.717) is 62.1 Å². The van der Waals surface area contributed by atoms with Gasteiger partial charge in [0.1, 0.15) is 23.1 Å². The first-order valence-corrected chi connectivity index (χ1v) is 17.7. The molecule has 0 aromatic heterocycles. The molecule has 3 heterocycles. The molecule has 8 heteroatoms. The van der Waals surface area contributed by atoms with Gasteiger partial charge >= 0.3 is 0 Å². The van der Waals surface area contributed by atoms with E-state index in [0.717, 1.165) is 69.1 Å². The van der Waals surface area contributed by atoms with Crippen LogP contribution in [0.5, 0.6) is 11.5 Å². The lowest BCUT2D eigenvalue weighted by Gasteiger charge is -2.39. The van der Waals surface area contributed by atoms with Crippen LogP contribution in [0.3, 0.4) is 0 Å². The van der Waals surface area contributed by atoms with Gasteiger partial charge in [0.15, 0.2) is 5.60 Å². The molecule has 1 aliphatic carbocycles. The van der Waals surface area contributed by atoms with Gasteiger partial charge in [-0.2, -0.15) is 0 Å². The molecule has 0 bridgehead atoms. The zero-order valence-corrected chi connectivity index (χ0v) is 29.1. The lowest BCUT2D eigenvalue weighted by Crippen LogP contribution is -2.37. The monoisotopic (exact) mass is 686 g/mol. The highest BCUT2D eigenvalue weighted by molar-refractivity contribution is 6.10. The Labute approximate surface area is 296 Å². The number of rotatable bonds is 5. The molecule has 3 aliphatic heterocycles. The van der Waals surface area contributed by atoms with Crippen molar-refractivity contribution in [3.63, 3.8) is 0 Å². The first kappa shape index (κ1) is 32.0. The Morgan fingerprint density at radius 3 is 2.08 bits per heavy atom. The summed E-state index contributed by atoms with van der Waals surface area (Å²) in [6, 6.07) is 25.5. The third kappa shape index (κ3) is 4.94. The summed E-state index contributed by atoms with van der Waals surface area (Å²) in [5.74, 6) is 0.238. The number of ether oxygens (including phenoxy) is 4. The Balaban J connectivity index is 1.31. The van der Waals surface area contributed by atoms with Crippen molar-refractivity contribution in [3.8, 4) is 22.6 Å². The number of nitrogens with zero attached hydrogens (tertiary/aromatic N) is 2. The second-order valence-corrected chi connectivity index (χ2v) is 14.3. The Morgan fingerprint density at radius 1 is 0.725 bits per heavy atom. The van der Waals surface area contributed by atoms with Gasteiger partial charge in [-0.05, 0) is 58.5 Å². The zero-order valence-electron chi connectivity index (χ0n) is 29.1. The van der Waals surface area contributed by atoms with Crippen molar-refractivity contribution in [2.45, 2.75) is 24.9 Å². The van der Waals surface area contributed by atoms with Crippen LogP contribution >= 0.6 is 0 Å². The number of hydrogen-bond donors (Lipinski definition) is 0. The molecule has 260 valence electrons. The number of fused-ring (bicyclic) bond motifs is 8. The molecule has 4 aliphatic rings. The number of morpholine rings is 2. The molecule has 0 saturated carbocycles. The fourth-order valence-electron chi connectivity index (χ4n) is 8.73.